The quantitative estimate of drug-likeness (QED) is 0.613. The molecule has 7 heteroatoms. The maximum atomic E-state index is 13.4. The number of hydrogen-bond acceptors (Lipinski definition) is 4. The highest BCUT2D eigenvalue weighted by Gasteiger charge is 2.14. The maximum Gasteiger partial charge on any atom is 0.387 e. The largest absolute Gasteiger partial charge is 0.432 e. The topological polar surface area (TPSA) is 67.5 Å². The van der Waals surface area contributed by atoms with Crippen LogP contribution in [0.1, 0.15) is 26.2 Å². The van der Waals surface area contributed by atoms with Gasteiger partial charge in [0, 0.05) is 25.3 Å². The van der Waals surface area contributed by atoms with Crippen molar-refractivity contribution in [3.05, 3.63) is 17.9 Å². The van der Waals surface area contributed by atoms with Gasteiger partial charge in [-0.2, -0.15) is 8.78 Å². The number of halogens is 3. The minimum absolute atomic E-state index is 0.0744. The molecule has 0 aromatic heterocycles. The summed E-state index contributed by atoms with van der Waals surface area (Å²) in [6.45, 7) is -0.479. The van der Waals surface area contributed by atoms with Crippen LogP contribution in [0.2, 0.25) is 0 Å². The van der Waals surface area contributed by atoms with Crippen molar-refractivity contribution in [3.8, 4) is 5.75 Å². The lowest BCUT2D eigenvalue weighted by molar-refractivity contribution is -0.0521. The molecule has 4 N–H and O–H groups in total. The van der Waals surface area contributed by atoms with Crippen LogP contribution in [0.5, 0.6) is 5.75 Å². The summed E-state index contributed by atoms with van der Waals surface area (Å²) in [6, 6.07) is 2.07. The van der Waals surface area contributed by atoms with Gasteiger partial charge in [0.05, 0.1) is 11.4 Å². The van der Waals surface area contributed by atoms with E-state index in [0.717, 1.165) is 25.0 Å². The van der Waals surface area contributed by atoms with Gasteiger partial charge in [0.2, 0.25) is 0 Å². The number of hydrogen-bond donors (Lipinski definition) is 3. The summed E-state index contributed by atoms with van der Waals surface area (Å²) in [5.41, 5.74) is 6.12. The van der Waals surface area contributed by atoms with Gasteiger partial charge in [-0.25, -0.2) is 4.39 Å². The smallest absolute Gasteiger partial charge is 0.387 e. The summed E-state index contributed by atoms with van der Waals surface area (Å²) < 4.78 is 41.9. The summed E-state index contributed by atoms with van der Waals surface area (Å²) in [5, 5.41) is 12.0. The third-order valence-electron chi connectivity index (χ3n) is 3.14. The van der Waals surface area contributed by atoms with Crippen molar-refractivity contribution in [2.75, 3.05) is 24.2 Å². The minimum atomic E-state index is -3.10. The van der Waals surface area contributed by atoms with Gasteiger partial charge in [0.1, 0.15) is 0 Å². The molecule has 0 aliphatic rings. The molecule has 0 aliphatic carbocycles. The highest BCUT2D eigenvalue weighted by atomic mass is 19.3. The Bertz CT molecular complexity index is 438. The minimum Gasteiger partial charge on any atom is -0.432 e. The molecule has 0 bridgehead atoms. The lowest BCUT2D eigenvalue weighted by Crippen LogP contribution is -2.16. The number of alkyl halides is 2. The van der Waals surface area contributed by atoms with Crippen molar-refractivity contribution in [1.29, 1.82) is 0 Å². The fourth-order valence-electron chi connectivity index (χ4n) is 2.10. The molecule has 1 atom stereocenters. The van der Waals surface area contributed by atoms with Gasteiger partial charge in [-0.3, -0.25) is 0 Å². The highest BCUT2D eigenvalue weighted by Crippen LogP contribution is 2.29. The Morgan fingerprint density at radius 3 is 2.62 bits per heavy atom. The number of aliphatic hydroxyl groups is 1. The Morgan fingerprint density at radius 2 is 2.05 bits per heavy atom. The molecule has 1 aromatic carbocycles. The zero-order chi connectivity index (χ0) is 15.8. The van der Waals surface area contributed by atoms with Gasteiger partial charge < -0.3 is 20.9 Å². The fourth-order valence-corrected chi connectivity index (χ4v) is 2.10. The van der Waals surface area contributed by atoms with E-state index in [0.29, 0.717) is 18.7 Å². The van der Waals surface area contributed by atoms with E-state index in [-0.39, 0.29) is 18.2 Å². The molecule has 0 saturated carbocycles. The van der Waals surface area contributed by atoms with Crippen LogP contribution in [0.15, 0.2) is 12.1 Å². The Balaban J connectivity index is 2.77. The summed E-state index contributed by atoms with van der Waals surface area (Å²) in [7, 11) is 0. The van der Waals surface area contributed by atoms with Crippen LogP contribution < -0.4 is 15.8 Å². The van der Waals surface area contributed by atoms with Gasteiger partial charge >= 0.3 is 6.61 Å². The van der Waals surface area contributed by atoms with Crippen LogP contribution in [0.4, 0.5) is 24.5 Å². The van der Waals surface area contributed by atoms with Crippen LogP contribution in [0.25, 0.3) is 0 Å². The molecule has 0 saturated heterocycles. The van der Waals surface area contributed by atoms with Crippen LogP contribution in [0, 0.1) is 11.7 Å². The average Bonchev–Trinajstić information content (AvgIpc) is 2.40. The first-order valence-corrected chi connectivity index (χ1v) is 6.86. The highest BCUT2D eigenvalue weighted by molar-refractivity contribution is 5.68. The molecule has 4 nitrogen and oxygen atoms in total. The van der Waals surface area contributed by atoms with Crippen molar-refractivity contribution in [2.45, 2.75) is 32.8 Å². The van der Waals surface area contributed by atoms with Gasteiger partial charge in [0.25, 0.3) is 0 Å². The van der Waals surface area contributed by atoms with Crippen molar-refractivity contribution < 1.29 is 23.0 Å². The molecule has 0 fully saturated rings. The molecule has 1 rings (SSSR count). The van der Waals surface area contributed by atoms with Crippen LogP contribution in [-0.2, 0) is 0 Å². The normalized spacial score (nSPS) is 12.5. The molecule has 120 valence electrons. The molecule has 1 aromatic rings. The standard InChI is InChI=1S/C14H21F3N2O2/c1-2-3-9(4-5-20)8-19-12-7-13(21-14(16)17)10(15)6-11(12)18/h6-7,9,14,19-20H,2-5,8,18H2,1H3. The number of rotatable bonds is 9. The second-order valence-electron chi connectivity index (χ2n) is 4.80. The first kappa shape index (κ1) is 17.4. The maximum absolute atomic E-state index is 13.4. The van der Waals surface area contributed by atoms with Crippen molar-refractivity contribution >= 4 is 11.4 Å². The lowest BCUT2D eigenvalue weighted by Gasteiger charge is -2.18. The van der Waals surface area contributed by atoms with Crippen molar-refractivity contribution in [3.63, 3.8) is 0 Å². The van der Waals surface area contributed by atoms with Crippen molar-refractivity contribution in [1.82, 2.24) is 0 Å². The van der Waals surface area contributed by atoms with E-state index in [4.69, 9.17) is 10.8 Å². The molecule has 0 radical (unpaired) electrons. The number of benzene rings is 1. The average molecular weight is 306 g/mol. The molecule has 0 spiro atoms. The molecule has 21 heavy (non-hydrogen) atoms. The first-order chi connectivity index (χ1) is 9.97. The Morgan fingerprint density at radius 1 is 1.33 bits per heavy atom. The van der Waals surface area contributed by atoms with E-state index in [9.17, 15) is 13.2 Å². The van der Waals surface area contributed by atoms with Gasteiger partial charge in [-0.15, -0.1) is 0 Å². The van der Waals surface area contributed by atoms with Gasteiger partial charge in [0.15, 0.2) is 11.6 Å². The van der Waals surface area contributed by atoms with Crippen LogP contribution in [-0.4, -0.2) is 24.9 Å². The zero-order valence-electron chi connectivity index (χ0n) is 11.9. The van der Waals surface area contributed by atoms with Gasteiger partial charge in [-0.05, 0) is 18.8 Å². The Labute approximate surface area is 122 Å². The Hall–Kier alpha value is -1.63. The predicted octanol–water partition coefficient (Wildman–Crippen LogP) is 3.22. The SMILES string of the molecule is CCCC(CCO)CNc1cc(OC(F)F)c(F)cc1N. The van der Waals surface area contributed by atoms with Crippen molar-refractivity contribution in [2.24, 2.45) is 5.92 Å². The van der Waals surface area contributed by atoms with E-state index >= 15 is 0 Å². The number of anilines is 2. The fraction of sp³-hybridized carbons (Fsp3) is 0.571. The molecule has 1 unspecified atom stereocenters. The molecular formula is C14H21F3N2O2. The lowest BCUT2D eigenvalue weighted by atomic mass is 10.00. The summed E-state index contributed by atoms with van der Waals surface area (Å²) in [5.74, 6) is -1.25. The Kier molecular flexibility index (Phi) is 7.14. The van der Waals surface area contributed by atoms with E-state index < -0.39 is 18.2 Å². The van der Waals surface area contributed by atoms with E-state index in [1.54, 1.807) is 0 Å². The second-order valence-corrected chi connectivity index (χ2v) is 4.80. The monoisotopic (exact) mass is 306 g/mol. The van der Waals surface area contributed by atoms with Gasteiger partial charge in [-0.1, -0.05) is 13.3 Å². The molecule has 0 aliphatic heterocycles. The van der Waals surface area contributed by atoms with E-state index in [1.807, 2.05) is 6.92 Å². The van der Waals surface area contributed by atoms with Crippen LogP contribution >= 0.6 is 0 Å². The van der Waals surface area contributed by atoms with E-state index in [2.05, 4.69) is 10.1 Å². The predicted molar refractivity (Wildman–Crippen MR) is 76.0 cm³/mol. The first-order valence-electron chi connectivity index (χ1n) is 6.86. The third-order valence-corrected chi connectivity index (χ3v) is 3.14. The number of nitrogen functional groups attached to an aromatic ring is 1. The molecule has 0 amide bonds. The number of ether oxygens (including phenoxy) is 1. The summed E-state index contributed by atoms with van der Waals surface area (Å²) in [6.07, 6.45) is 2.50. The second kappa shape index (κ2) is 8.61. The van der Waals surface area contributed by atoms with E-state index in [1.165, 1.54) is 0 Å². The number of aliphatic hydroxyl groups excluding tert-OH is 1. The number of nitrogens with one attached hydrogen (secondary N) is 1. The number of nitrogens with two attached hydrogens (primary N) is 1. The van der Waals surface area contributed by atoms with Crippen LogP contribution in [0.3, 0.4) is 0 Å². The zero-order valence-corrected chi connectivity index (χ0v) is 11.9. The third kappa shape index (κ3) is 5.71. The molecular weight excluding hydrogens is 285 g/mol. The molecule has 0 heterocycles. The summed E-state index contributed by atoms with van der Waals surface area (Å²) >= 11 is 0. The summed E-state index contributed by atoms with van der Waals surface area (Å²) in [4.78, 5) is 0.